The fraction of sp³-hybridized carbons (Fsp3) is 0.300. The van der Waals surface area contributed by atoms with Gasteiger partial charge in [-0.15, -0.1) is 0 Å². The van der Waals surface area contributed by atoms with Crippen molar-refractivity contribution in [1.82, 2.24) is 19.7 Å². The molecule has 1 aliphatic heterocycles. The first-order valence-electron chi connectivity index (χ1n) is 9.51. The van der Waals surface area contributed by atoms with Crippen LogP contribution in [-0.2, 0) is 0 Å². The number of nitrogens with one attached hydrogen (secondary N) is 2. The van der Waals surface area contributed by atoms with Gasteiger partial charge in [0.05, 0.1) is 25.0 Å². The number of aromatic nitrogens is 4. The number of hydrogen-bond donors (Lipinski definition) is 2. The van der Waals surface area contributed by atoms with Gasteiger partial charge in [-0.2, -0.15) is 5.10 Å². The normalized spacial score (nSPS) is 14.4. The molecule has 0 saturated carbocycles. The van der Waals surface area contributed by atoms with Crippen molar-refractivity contribution >= 4 is 23.5 Å². The molecule has 0 aliphatic carbocycles. The minimum absolute atomic E-state index is 0.200. The zero-order chi connectivity index (χ0) is 20.1. The first kappa shape index (κ1) is 18.7. The van der Waals surface area contributed by atoms with E-state index in [0.717, 1.165) is 31.9 Å². The molecule has 3 heterocycles. The van der Waals surface area contributed by atoms with Crippen molar-refractivity contribution in [3.63, 3.8) is 0 Å². The fourth-order valence-corrected chi connectivity index (χ4v) is 3.49. The van der Waals surface area contributed by atoms with Crippen molar-refractivity contribution in [2.45, 2.75) is 18.9 Å². The van der Waals surface area contributed by atoms with E-state index in [4.69, 9.17) is 4.74 Å². The quantitative estimate of drug-likeness (QED) is 0.691. The van der Waals surface area contributed by atoms with E-state index in [1.165, 1.54) is 0 Å². The number of nitrogens with zero attached hydrogens (tertiary/aromatic N) is 5. The Hall–Kier alpha value is -3.62. The predicted molar refractivity (Wildman–Crippen MR) is 110 cm³/mol. The second-order valence-corrected chi connectivity index (χ2v) is 6.71. The molecule has 0 bridgehead atoms. The number of urea groups is 1. The molecule has 0 unspecified atom stereocenters. The van der Waals surface area contributed by atoms with Crippen LogP contribution >= 0.6 is 0 Å². The van der Waals surface area contributed by atoms with Crippen LogP contribution in [0.4, 0.5) is 22.2 Å². The van der Waals surface area contributed by atoms with E-state index >= 15 is 0 Å². The Morgan fingerprint density at radius 3 is 2.55 bits per heavy atom. The summed E-state index contributed by atoms with van der Waals surface area (Å²) in [6, 6.07) is 10.7. The number of piperidine rings is 1. The Labute approximate surface area is 168 Å². The number of para-hydroxylation sites is 2. The smallest absolute Gasteiger partial charge is 0.324 e. The van der Waals surface area contributed by atoms with Crippen molar-refractivity contribution in [3.05, 3.63) is 55.0 Å². The van der Waals surface area contributed by atoms with Gasteiger partial charge in [-0.05, 0) is 31.0 Å². The van der Waals surface area contributed by atoms with Crippen molar-refractivity contribution in [2.24, 2.45) is 0 Å². The second-order valence-electron chi connectivity index (χ2n) is 6.71. The maximum atomic E-state index is 12.5. The van der Waals surface area contributed by atoms with Crippen LogP contribution in [0.2, 0.25) is 0 Å². The summed E-state index contributed by atoms with van der Waals surface area (Å²) in [4.78, 5) is 23.3. The lowest BCUT2D eigenvalue weighted by molar-refractivity contribution is 0.261. The van der Waals surface area contributed by atoms with Gasteiger partial charge in [0.2, 0.25) is 5.95 Å². The molecule has 1 aliphatic rings. The van der Waals surface area contributed by atoms with E-state index in [1.54, 1.807) is 43.9 Å². The highest BCUT2D eigenvalue weighted by Crippen LogP contribution is 2.27. The molecule has 150 valence electrons. The average molecular weight is 393 g/mol. The number of carbonyl (C=O) groups is 1. The van der Waals surface area contributed by atoms with Crippen molar-refractivity contribution in [3.8, 4) is 5.75 Å². The van der Waals surface area contributed by atoms with Crippen molar-refractivity contribution in [1.29, 1.82) is 0 Å². The molecule has 29 heavy (non-hydrogen) atoms. The molecule has 1 saturated heterocycles. The molecule has 2 amide bonds. The van der Waals surface area contributed by atoms with Crippen LogP contribution in [0.15, 0.2) is 55.0 Å². The Balaban J connectivity index is 1.38. The van der Waals surface area contributed by atoms with Gasteiger partial charge in [0.1, 0.15) is 11.6 Å². The number of rotatable bonds is 5. The number of carbonyl (C=O) groups excluding carboxylic acids is 1. The van der Waals surface area contributed by atoms with E-state index in [0.29, 0.717) is 17.3 Å². The number of hydrogen-bond acceptors (Lipinski definition) is 6. The largest absolute Gasteiger partial charge is 0.495 e. The minimum atomic E-state index is -0.341. The van der Waals surface area contributed by atoms with Gasteiger partial charge in [-0.1, -0.05) is 12.1 Å². The Morgan fingerprint density at radius 2 is 1.79 bits per heavy atom. The van der Waals surface area contributed by atoms with Crippen LogP contribution in [0.1, 0.15) is 18.9 Å². The van der Waals surface area contributed by atoms with E-state index in [1.807, 2.05) is 22.9 Å². The summed E-state index contributed by atoms with van der Waals surface area (Å²) in [5.41, 5.74) is 0.606. The second kappa shape index (κ2) is 8.59. The van der Waals surface area contributed by atoms with Gasteiger partial charge in [0, 0.05) is 31.5 Å². The van der Waals surface area contributed by atoms with Crippen LogP contribution < -0.4 is 20.3 Å². The molecular formula is C20H23N7O2. The van der Waals surface area contributed by atoms with Crippen LogP contribution in [0, 0.1) is 0 Å². The molecule has 0 atom stereocenters. The van der Waals surface area contributed by atoms with Gasteiger partial charge < -0.3 is 15.0 Å². The molecule has 9 heteroatoms. The molecule has 1 fully saturated rings. The molecule has 1 aromatic carbocycles. The van der Waals surface area contributed by atoms with Crippen LogP contribution in [-0.4, -0.2) is 46.0 Å². The Bertz CT molecular complexity index is 952. The predicted octanol–water partition coefficient (Wildman–Crippen LogP) is 3.17. The Kier molecular flexibility index (Phi) is 5.55. The first-order valence-corrected chi connectivity index (χ1v) is 9.51. The summed E-state index contributed by atoms with van der Waals surface area (Å²) in [6.07, 6.45) is 6.99. The molecule has 0 spiro atoms. The maximum Gasteiger partial charge on any atom is 0.324 e. The summed E-state index contributed by atoms with van der Waals surface area (Å²) in [5, 5.41) is 10.1. The molecule has 3 aromatic rings. The standard InChI is InChI=1S/C20H23N7O2/c1-29-17-6-3-2-5-16(17)24-20(28)25-18-7-12-23-27(18)15-8-13-26(14-9-15)19-21-10-4-11-22-19/h2-7,10-12,15H,8-9,13-14H2,1H3,(H2,24,25,28). The highest BCUT2D eigenvalue weighted by molar-refractivity contribution is 6.00. The zero-order valence-corrected chi connectivity index (χ0v) is 16.2. The highest BCUT2D eigenvalue weighted by atomic mass is 16.5. The third-order valence-corrected chi connectivity index (χ3v) is 4.91. The maximum absolute atomic E-state index is 12.5. The lowest BCUT2D eigenvalue weighted by atomic mass is 10.1. The number of methoxy groups -OCH3 is 1. The topological polar surface area (TPSA) is 97.2 Å². The van der Waals surface area contributed by atoms with Crippen LogP contribution in [0.25, 0.3) is 0 Å². The lowest BCUT2D eigenvalue weighted by Crippen LogP contribution is -2.36. The van der Waals surface area contributed by atoms with E-state index in [-0.39, 0.29) is 12.1 Å². The van der Waals surface area contributed by atoms with E-state index < -0.39 is 0 Å². The van der Waals surface area contributed by atoms with Gasteiger partial charge in [0.15, 0.2) is 0 Å². The highest BCUT2D eigenvalue weighted by Gasteiger charge is 2.24. The molecule has 0 radical (unpaired) electrons. The van der Waals surface area contributed by atoms with E-state index in [2.05, 4.69) is 30.6 Å². The zero-order valence-electron chi connectivity index (χ0n) is 16.2. The van der Waals surface area contributed by atoms with Crippen LogP contribution in [0.3, 0.4) is 0 Å². The van der Waals surface area contributed by atoms with Gasteiger partial charge >= 0.3 is 6.03 Å². The van der Waals surface area contributed by atoms with E-state index in [9.17, 15) is 4.79 Å². The van der Waals surface area contributed by atoms with Crippen molar-refractivity contribution in [2.75, 3.05) is 35.7 Å². The summed E-state index contributed by atoms with van der Waals surface area (Å²) in [5.74, 6) is 2.01. The SMILES string of the molecule is COc1ccccc1NC(=O)Nc1ccnn1C1CCN(c2ncccn2)CC1. The monoisotopic (exact) mass is 393 g/mol. The van der Waals surface area contributed by atoms with Gasteiger partial charge in [0.25, 0.3) is 0 Å². The molecule has 4 rings (SSSR count). The number of anilines is 3. The van der Waals surface area contributed by atoms with Gasteiger partial charge in [-0.25, -0.2) is 19.4 Å². The fourth-order valence-electron chi connectivity index (χ4n) is 3.49. The molecule has 2 aromatic heterocycles. The number of benzene rings is 1. The lowest BCUT2D eigenvalue weighted by Gasteiger charge is -2.32. The van der Waals surface area contributed by atoms with Crippen molar-refractivity contribution < 1.29 is 9.53 Å². The number of amides is 2. The number of ether oxygens (including phenoxy) is 1. The Morgan fingerprint density at radius 1 is 1.03 bits per heavy atom. The summed E-state index contributed by atoms with van der Waals surface area (Å²) in [6.45, 7) is 1.67. The summed E-state index contributed by atoms with van der Waals surface area (Å²) < 4.78 is 7.15. The summed E-state index contributed by atoms with van der Waals surface area (Å²) in [7, 11) is 1.57. The molecule has 9 nitrogen and oxygen atoms in total. The molecular weight excluding hydrogens is 370 g/mol. The minimum Gasteiger partial charge on any atom is -0.495 e. The summed E-state index contributed by atoms with van der Waals surface area (Å²) >= 11 is 0. The first-order chi connectivity index (χ1) is 14.2. The molecule has 2 N–H and O–H groups in total. The average Bonchev–Trinajstić information content (AvgIpc) is 3.23. The van der Waals surface area contributed by atoms with Crippen LogP contribution in [0.5, 0.6) is 5.75 Å². The third kappa shape index (κ3) is 4.29. The van der Waals surface area contributed by atoms with Gasteiger partial charge in [-0.3, -0.25) is 5.32 Å². The third-order valence-electron chi connectivity index (χ3n) is 4.91.